The van der Waals surface area contributed by atoms with Gasteiger partial charge in [-0.15, -0.1) is 11.8 Å². The van der Waals surface area contributed by atoms with E-state index in [9.17, 15) is 14.7 Å². The zero-order chi connectivity index (χ0) is 28.1. The van der Waals surface area contributed by atoms with E-state index in [1.54, 1.807) is 12.1 Å². The SMILES string of the molecule is CCCCCCCCCCCCOCCCNC(=O)c1cc(SCCOCCC(=O)O)c2ccccc2c1O. The van der Waals surface area contributed by atoms with E-state index in [4.69, 9.17) is 14.6 Å². The number of thioether (sulfide) groups is 1. The van der Waals surface area contributed by atoms with Gasteiger partial charge in [0, 0.05) is 35.8 Å². The number of ether oxygens (including phenoxy) is 2. The van der Waals surface area contributed by atoms with Crippen molar-refractivity contribution in [3.05, 3.63) is 35.9 Å². The van der Waals surface area contributed by atoms with E-state index in [1.807, 2.05) is 18.2 Å². The number of carboxylic acid groups (broad SMARTS) is 1. The molecule has 8 heteroatoms. The number of carbonyl (C=O) groups is 2. The molecule has 2 aromatic rings. The zero-order valence-electron chi connectivity index (χ0n) is 23.6. The Labute approximate surface area is 238 Å². The fourth-order valence-corrected chi connectivity index (χ4v) is 5.31. The first kappa shape index (κ1) is 32.9. The van der Waals surface area contributed by atoms with Crippen LogP contribution in [0.25, 0.3) is 10.8 Å². The molecule has 0 atom stereocenters. The van der Waals surface area contributed by atoms with Crippen molar-refractivity contribution >= 4 is 34.4 Å². The molecule has 0 heterocycles. The van der Waals surface area contributed by atoms with Crippen molar-refractivity contribution in [1.29, 1.82) is 0 Å². The van der Waals surface area contributed by atoms with Gasteiger partial charge in [0.25, 0.3) is 5.91 Å². The third-order valence-corrected chi connectivity index (χ3v) is 7.58. The monoisotopic (exact) mass is 561 g/mol. The van der Waals surface area contributed by atoms with Gasteiger partial charge in [0.1, 0.15) is 5.75 Å². The average Bonchev–Trinajstić information content (AvgIpc) is 2.93. The van der Waals surface area contributed by atoms with Gasteiger partial charge >= 0.3 is 5.97 Å². The Morgan fingerprint density at radius 1 is 0.821 bits per heavy atom. The number of phenols is 1. The summed E-state index contributed by atoms with van der Waals surface area (Å²) in [5.41, 5.74) is 0.245. The molecule has 0 bridgehead atoms. The van der Waals surface area contributed by atoms with E-state index in [0.717, 1.165) is 23.3 Å². The number of unbranched alkanes of at least 4 members (excludes halogenated alkanes) is 9. The normalized spacial score (nSPS) is 11.2. The fraction of sp³-hybridized carbons (Fsp3) is 0.613. The standard InChI is InChI=1S/C31H47NO6S/c1-2-3-4-5-6-7-8-9-10-13-19-37-20-14-18-32-31(36)27-24-28(39-23-22-38-21-17-29(33)34)25-15-11-12-16-26(25)30(27)35/h11-12,15-16,24,35H,2-10,13-14,17-23H2,1H3,(H,32,36)(H,33,34). The number of fused-ring (bicyclic) bond motifs is 1. The maximum Gasteiger partial charge on any atom is 0.305 e. The fourth-order valence-electron chi connectivity index (χ4n) is 4.36. The van der Waals surface area contributed by atoms with E-state index >= 15 is 0 Å². The van der Waals surface area contributed by atoms with Crippen LogP contribution in [-0.4, -0.2) is 60.8 Å². The lowest BCUT2D eigenvalue weighted by molar-refractivity contribution is -0.138. The molecule has 218 valence electrons. The summed E-state index contributed by atoms with van der Waals surface area (Å²) in [5, 5.41) is 23.9. The molecule has 2 rings (SSSR count). The summed E-state index contributed by atoms with van der Waals surface area (Å²) < 4.78 is 11.1. The first-order valence-electron chi connectivity index (χ1n) is 14.6. The molecule has 0 aliphatic heterocycles. The highest BCUT2D eigenvalue weighted by Gasteiger charge is 2.17. The summed E-state index contributed by atoms with van der Waals surface area (Å²) in [4.78, 5) is 24.3. The lowest BCUT2D eigenvalue weighted by Crippen LogP contribution is -2.25. The topological polar surface area (TPSA) is 105 Å². The first-order chi connectivity index (χ1) is 19.0. The van der Waals surface area contributed by atoms with Crippen LogP contribution in [0.5, 0.6) is 5.75 Å². The Morgan fingerprint density at radius 2 is 1.44 bits per heavy atom. The van der Waals surface area contributed by atoms with Gasteiger partial charge in [-0.25, -0.2) is 0 Å². The molecular weight excluding hydrogens is 514 g/mol. The predicted octanol–water partition coefficient (Wildman–Crippen LogP) is 7.19. The Kier molecular flexibility index (Phi) is 17.4. The number of benzene rings is 2. The minimum atomic E-state index is -0.886. The van der Waals surface area contributed by atoms with E-state index in [0.29, 0.717) is 37.3 Å². The van der Waals surface area contributed by atoms with Crippen LogP contribution in [0.3, 0.4) is 0 Å². The van der Waals surface area contributed by atoms with Crippen LogP contribution in [0.4, 0.5) is 0 Å². The number of carboxylic acids is 1. The second-order valence-electron chi connectivity index (χ2n) is 9.82. The van der Waals surface area contributed by atoms with Gasteiger partial charge in [-0.05, 0) is 24.3 Å². The number of rotatable bonds is 23. The molecule has 0 saturated carbocycles. The van der Waals surface area contributed by atoms with Gasteiger partial charge in [0.15, 0.2) is 0 Å². The molecule has 3 N–H and O–H groups in total. The number of aliphatic carboxylic acids is 1. The van der Waals surface area contributed by atoms with Crippen molar-refractivity contribution in [2.75, 3.05) is 38.7 Å². The van der Waals surface area contributed by atoms with Gasteiger partial charge in [-0.2, -0.15) is 0 Å². The lowest BCUT2D eigenvalue weighted by Gasteiger charge is -2.13. The van der Waals surface area contributed by atoms with Gasteiger partial charge in [-0.1, -0.05) is 89.0 Å². The van der Waals surface area contributed by atoms with Gasteiger partial charge in [0.2, 0.25) is 0 Å². The van der Waals surface area contributed by atoms with Crippen molar-refractivity contribution in [3.8, 4) is 5.75 Å². The number of phenolic OH excluding ortho intramolecular Hbond substituents is 1. The second kappa shape index (κ2) is 20.6. The molecular formula is C31H47NO6S. The number of hydrogen-bond donors (Lipinski definition) is 3. The van der Waals surface area contributed by atoms with Crippen LogP contribution in [0.2, 0.25) is 0 Å². The van der Waals surface area contributed by atoms with Crippen LogP contribution in [0.1, 0.15) is 94.3 Å². The number of amides is 1. The number of nitrogens with one attached hydrogen (secondary N) is 1. The molecule has 0 saturated heterocycles. The minimum Gasteiger partial charge on any atom is -0.506 e. The lowest BCUT2D eigenvalue weighted by atomic mass is 10.0. The third kappa shape index (κ3) is 13.6. The van der Waals surface area contributed by atoms with Crippen LogP contribution < -0.4 is 5.32 Å². The summed E-state index contributed by atoms with van der Waals surface area (Å²) in [5.74, 6) is -0.621. The van der Waals surface area contributed by atoms with Crippen molar-refractivity contribution in [2.45, 2.75) is 88.9 Å². The molecule has 7 nitrogen and oxygen atoms in total. The summed E-state index contributed by atoms with van der Waals surface area (Å²) in [6.45, 7) is 4.65. The predicted molar refractivity (Wildman–Crippen MR) is 159 cm³/mol. The van der Waals surface area contributed by atoms with E-state index in [1.165, 1.54) is 69.5 Å². The second-order valence-corrected chi connectivity index (χ2v) is 11.0. The Morgan fingerprint density at radius 3 is 2.13 bits per heavy atom. The zero-order valence-corrected chi connectivity index (χ0v) is 24.4. The average molecular weight is 562 g/mol. The molecule has 2 aromatic carbocycles. The van der Waals surface area contributed by atoms with Gasteiger partial charge < -0.3 is 25.0 Å². The molecule has 0 fully saturated rings. The number of carbonyl (C=O) groups excluding carboxylic acids is 1. The van der Waals surface area contributed by atoms with Crippen LogP contribution in [0.15, 0.2) is 35.2 Å². The Hall–Kier alpha value is -2.29. The van der Waals surface area contributed by atoms with Crippen molar-refractivity contribution in [1.82, 2.24) is 5.32 Å². The summed E-state index contributed by atoms with van der Waals surface area (Å²) in [6.07, 6.45) is 13.7. The highest BCUT2D eigenvalue weighted by Crippen LogP contribution is 2.36. The van der Waals surface area contributed by atoms with E-state index < -0.39 is 5.97 Å². The smallest absolute Gasteiger partial charge is 0.305 e. The number of hydrogen-bond acceptors (Lipinski definition) is 6. The molecule has 0 radical (unpaired) electrons. The van der Waals surface area contributed by atoms with E-state index in [2.05, 4.69) is 12.2 Å². The van der Waals surface area contributed by atoms with Crippen molar-refractivity contribution in [2.24, 2.45) is 0 Å². The van der Waals surface area contributed by atoms with Gasteiger partial charge in [-0.3, -0.25) is 9.59 Å². The Balaban J connectivity index is 1.67. The molecule has 0 aliphatic carbocycles. The first-order valence-corrected chi connectivity index (χ1v) is 15.6. The summed E-state index contributed by atoms with van der Waals surface area (Å²) in [7, 11) is 0. The van der Waals surface area contributed by atoms with Gasteiger partial charge in [0.05, 0.1) is 25.2 Å². The highest BCUT2D eigenvalue weighted by molar-refractivity contribution is 7.99. The number of aromatic hydroxyl groups is 1. The maximum absolute atomic E-state index is 12.9. The molecule has 0 spiro atoms. The van der Waals surface area contributed by atoms with Crippen molar-refractivity contribution in [3.63, 3.8) is 0 Å². The van der Waals surface area contributed by atoms with Crippen LogP contribution in [-0.2, 0) is 14.3 Å². The van der Waals surface area contributed by atoms with E-state index in [-0.39, 0.29) is 30.2 Å². The quantitative estimate of drug-likeness (QED) is 0.0974. The molecule has 0 aliphatic rings. The third-order valence-electron chi connectivity index (χ3n) is 6.56. The Bertz CT molecular complexity index is 983. The largest absolute Gasteiger partial charge is 0.506 e. The maximum atomic E-state index is 12.9. The highest BCUT2D eigenvalue weighted by atomic mass is 32.2. The van der Waals surface area contributed by atoms with Crippen molar-refractivity contribution < 1.29 is 29.3 Å². The van der Waals surface area contributed by atoms with Crippen LogP contribution in [0, 0.1) is 0 Å². The summed E-state index contributed by atoms with van der Waals surface area (Å²) in [6, 6.07) is 9.16. The molecule has 39 heavy (non-hydrogen) atoms. The molecule has 1 amide bonds. The molecule has 0 unspecified atom stereocenters. The minimum absolute atomic E-state index is 0.0256. The molecule has 0 aromatic heterocycles. The summed E-state index contributed by atoms with van der Waals surface area (Å²) >= 11 is 1.51. The van der Waals surface area contributed by atoms with Crippen LogP contribution >= 0.6 is 11.8 Å².